The maximum atomic E-state index is 12.7. The van der Waals surface area contributed by atoms with Crippen molar-refractivity contribution in [3.63, 3.8) is 0 Å². The van der Waals surface area contributed by atoms with Crippen LogP contribution in [-0.2, 0) is 11.3 Å². The third-order valence-corrected chi connectivity index (χ3v) is 6.15. The molecule has 0 N–H and O–H groups in total. The van der Waals surface area contributed by atoms with E-state index in [1.54, 1.807) is 6.20 Å². The summed E-state index contributed by atoms with van der Waals surface area (Å²) in [6, 6.07) is 16.1. The molecule has 32 heavy (non-hydrogen) atoms. The third kappa shape index (κ3) is 3.60. The van der Waals surface area contributed by atoms with Crippen LogP contribution in [0.2, 0.25) is 0 Å². The highest BCUT2D eigenvalue weighted by Crippen LogP contribution is 2.33. The monoisotopic (exact) mass is 427 g/mol. The Morgan fingerprint density at radius 1 is 1.06 bits per heavy atom. The summed E-state index contributed by atoms with van der Waals surface area (Å²) < 4.78 is 7.55. The SMILES string of the molecule is CCn1nccc1-c1cccc(-c2noc([C@@H]3CC(=O)N(c4ccc(C)c(C)c4)C3)n2)c1. The molecular formula is C25H25N5O2. The maximum absolute atomic E-state index is 12.7. The molecule has 0 saturated carbocycles. The van der Waals surface area contributed by atoms with Gasteiger partial charge in [-0.25, -0.2) is 0 Å². The van der Waals surface area contributed by atoms with E-state index >= 15 is 0 Å². The van der Waals surface area contributed by atoms with Crippen LogP contribution < -0.4 is 4.90 Å². The largest absolute Gasteiger partial charge is 0.339 e. The molecule has 1 atom stereocenters. The molecule has 1 aliphatic rings. The molecule has 1 fully saturated rings. The number of anilines is 1. The molecule has 7 nitrogen and oxygen atoms in total. The van der Waals surface area contributed by atoms with Gasteiger partial charge in [-0.15, -0.1) is 0 Å². The Balaban J connectivity index is 1.38. The molecular weight excluding hydrogens is 402 g/mol. The van der Waals surface area contributed by atoms with E-state index in [9.17, 15) is 4.79 Å². The Kier molecular flexibility index (Phi) is 5.09. The normalized spacial score (nSPS) is 16.2. The van der Waals surface area contributed by atoms with Gasteiger partial charge in [0.05, 0.1) is 11.6 Å². The van der Waals surface area contributed by atoms with Crippen LogP contribution in [0.25, 0.3) is 22.6 Å². The topological polar surface area (TPSA) is 77.0 Å². The molecule has 1 saturated heterocycles. The number of aromatic nitrogens is 4. The zero-order valence-electron chi connectivity index (χ0n) is 18.4. The Hall–Kier alpha value is -3.74. The van der Waals surface area contributed by atoms with Crippen LogP contribution in [0.3, 0.4) is 0 Å². The summed E-state index contributed by atoms with van der Waals surface area (Å²) in [5, 5.41) is 8.56. The third-order valence-electron chi connectivity index (χ3n) is 6.15. The van der Waals surface area contributed by atoms with E-state index in [2.05, 4.69) is 42.1 Å². The fourth-order valence-corrected chi connectivity index (χ4v) is 4.18. The number of nitrogens with zero attached hydrogens (tertiary/aromatic N) is 5. The summed E-state index contributed by atoms with van der Waals surface area (Å²) >= 11 is 0. The second kappa shape index (κ2) is 8.07. The van der Waals surface area contributed by atoms with Gasteiger partial charge in [0.2, 0.25) is 17.6 Å². The fraction of sp³-hybridized carbons (Fsp3) is 0.280. The fourth-order valence-electron chi connectivity index (χ4n) is 4.18. The number of benzene rings is 2. The number of aryl methyl sites for hydroxylation is 3. The van der Waals surface area contributed by atoms with Gasteiger partial charge in [0.25, 0.3) is 0 Å². The van der Waals surface area contributed by atoms with Crippen molar-refractivity contribution in [1.29, 1.82) is 0 Å². The van der Waals surface area contributed by atoms with E-state index in [0.717, 1.165) is 29.1 Å². The van der Waals surface area contributed by atoms with Crippen LogP contribution in [0.4, 0.5) is 5.69 Å². The van der Waals surface area contributed by atoms with Gasteiger partial charge in [0.15, 0.2) is 0 Å². The van der Waals surface area contributed by atoms with Crippen molar-refractivity contribution < 1.29 is 9.32 Å². The van der Waals surface area contributed by atoms with Crippen LogP contribution in [-0.4, -0.2) is 32.4 Å². The van der Waals surface area contributed by atoms with E-state index in [1.807, 2.05) is 52.0 Å². The first-order valence-electron chi connectivity index (χ1n) is 10.9. The molecule has 3 heterocycles. The standard InChI is InChI=1S/C25H25N5O2/c1-4-30-22(10-11-26-30)18-6-5-7-19(13-18)24-27-25(32-28-24)20-14-23(31)29(15-20)21-9-8-16(2)17(3)12-21/h5-13,20H,4,14-15H2,1-3H3/t20-/m1/s1. The van der Waals surface area contributed by atoms with Crippen LogP contribution in [0, 0.1) is 13.8 Å². The Labute approximate surface area is 186 Å². The predicted octanol–water partition coefficient (Wildman–Crippen LogP) is 4.76. The zero-order valence-corrected chi connectivity index (χ0v) is 18.4. The van der Waals surface area contributed by atoms with Gasteiger partial charge < -0.3 is 9.42 Å². The van der Waals surface area contributed by atoms with E-state index in [1.165, 1.54) is 11.1 Å². The number of carbonyl (C=O) groups excluding carboxylic acids is 1. The Morgan fingerprint density at radius 2 is 1.91 bits per heavy atom. The van der Waals surface area contributed by atoms with Gasteiger partial charge >= 0.3 is 0 Å². The molecule has 5 rings (SSSR count). The van der Waals surface area contributed by atoms with Gasteiger partial charge in [-0.1, -0.05) is 29.4 Å². The number of amides is 1. The number of hydrogen-bond donors (Lipinski definition) is 0. The summed E-state index contributed by atoms with van der Waals surface area (Å²) in [5.74, 6) is 0.994. The van der Waals surface area contributed by atoms with E-state index in [4.69, 9.17) is 4.52 Å². The maximum Gasteiger partial charge on any atom is 0.232 e. The average Bonchev–Trinajstić information content (AvgIpc) is 3.55. The zero-order chi connectivity index (χ0) is 22.2. The lowest BCUT2D eigenvalue weighted by atomic mass is 10.1. The van der Waals surface area contributed by atoms with Crippen LogP contribution in [0.1, 0.15) is 36.3 Å². The molecule has 162 valence electrons. The Bertz CT molecular complexity index is 1290. The first-order chi connectivity index (χ1) is 15.5. The smallest absolute Gasteiger partial charge is 0.232 e. The number of rotatable bonds is 5. The van der Waals surface area contributed by atoms with Crippen molar-refractivity contribution in [3.05, 3.63) is 71.7 Å². The van der Waals surface area contributed by atoms with Crippen molar-refractivity contribution in [2.75, 3.05) is 11.4 Å². The van der Waals surface area contributed by atoms with Gasteiger partial charge in [-0.05, 0) is 56.2 Å². The first kappa shape index (κ1) is 20.2. The molecule has 0 bridgehead atoms. The second-order valence-electron chi connectivity index (χ2n) is 8.24. The van der Waals surface area contributed by atoms with Gasteiger partial charge in [-0.3, -0.25) is 9.48 Å². The minimum atomic E-state index is -0.116. The molecule has 2 aromatic carbocycles. The first-order valence-corrected chi connectivity index (χ1v) is 10.9. The summed E-state index contributed by atoms with van der Waals surface area (Å²) in [7, 11) is 0. The van der Waals surface area contributed by atoms with Crippen molar-refractivity contribution in [3.8, 4) is 22.6 Å². The summed E-state index contributed by atoms with van der Waals surface area (Å²) in [6.45, 7) is 7.53. The van der Waals surface area contributed by atoms with Gasteiger partial charge in [0, 0.05) is 42.5 Å². The predicted molar refractivity (Wildman–Crippen MR) is 122 cm³/mol. The van der Waals surface area contributed by atoms with E-state index in [0.29, 0.717) is 24.7 Å². The van der Waals surface area contributed by atoms with E-state index in [-0.39, 0.29) is 11.8 Å². The van der Waals surface area contributed by atoms with Crippen molar-refractivity contribution in [1.82, 2.24) is 19.9 Å². The highest BCUT2D eigenvalue weighted by Gasteiger charge is 2.35. The summed E-state index contributed by atoms with van der Waals surface area (Å²) in [6.07, 6.45) is 2.17. The van der Waals surface area contributed by atoms with Crippen LogP contribution in [0.15, 0.2) is 59.3 Å². The molecule has 0 radical (unpaired) electrons. The molecule has 0 spiro atoms. The molecule has 4 aromatic rings. The highest BCUT2D eigenvalue weighted by molar-refractivity contribution is 5.96. The summed E-state index contributed by atoms with van der Waals surface area (Å²) in [4.78, 5) is 19.2. The highest BCUT2D eigenvalue weighted by atomic mass is 16.5. The van der Waals surface area contributed by atoms with Gasteiger partial charge in [-0.2, -0.15) is 10.1 Å². The lowest BCUT2D eigenvalue weighted by Crippen LogP contribution is -2.24. The van der Waals surface area contributed by atoms with E-state index < -0.39 is 0 Å². The van der Waals surface area contributed by atoms with Crippen LogP contribution in [0.5, 0.6) is 0 Å². The lowest BCUT2D eigenvalue weighted by Gasteiger charge is -2.17. The second-order valence-corrected chi connectivity index (χ2v) is 8.24. The van der Waals surface area contributed by atoms with Crippen molar-refractivity contribution >= 4 is 11.6 Å². The molecule has 1 aliphatic heterocycles. The molecule has 2 aromatic heterocycles. The van der Waals surface area contributed by atoms with Crippen LogP contribution >= 0.6 is 0 Å². The summed E-state index contributed by atoms with van der Waals surface area (Å²) in [5.41, 5.74) is 6.26. The lowest BCUT2D eigenvalue weighted by molar-refractivity contribution is -0.117. The number of hydrogen-bond acceptors (Lipinski definition) is 5. The Morgan fingerprint density at radius 3 is 2.72 bits per heavy atom. The molecule has 0 aliphatic carbocycles. The average molecular weight is 428 g/mol. The van der Waals surface area contributed by atoms with Gasteiger partial charge in [0.1, 0.15) is 0 Å². The van der Waals surface area contributed by atoms with Crippen molar-refractivity contribution in [2.24, 2.45) is 0 Å². The number of carbonyl (C=O) groups is 1. The minimum Gasteiger partial charge on any atom is -0.339 e. The molecule has 7 heteroatoms. The molecule has 0 unspecified atom stereocenters. The quantitative estimate of drug-likeness (QED) is 0.459. The minimum absolute atomic E-state index is 0.0767. The molecule has 1 amide bonds. The van der Waals surface area contributed by atoms with Crippen molar-refractivity contribution in [2.45, 2.75) is 39.7 Å².